The molecule has 0 unspecified atom stereocenters. The Kier molecular flexibility index (Phi) is 6.17. The van der Waals surface area contributed by atoms with Crippen molar-refractivity contribution in [2.75, 3.05) is 13.1 Å². The van der Waals surface area contributed by atoms with Gasteiger partial charge in [-0.1, -0.05) is 50.2 Å². The summed E-state index contributed by atoms with van der Waals surface area (Å²) >= 11 is 0. The Labute approximate surface area is 186 Å². The highest BCUT2D eigenvalue weighted by molar-refractivity contribution is 5.85. The Morgan fingerprint density at radius 3 is 2.28 bits per heavy atom. The van der Waals surface area contributed by atoms with Crippen molar-refractivity contribution in [1.82, 2.24) is 9.47 Å². The van der Waals surface area contributed by atoms with Crippen molar-refractivity contribution >= 4 is 10.9 Å². The van der Waals surface area contributed by atoms with Crippen molar-refractivity contribution in [3.63, 3.8) is 0 Å². The van der Waals surface area contributed by atoms with Gasteiger partial charge in [0.05, 0.1) is 11.1 Å². The predicted octanol–water partition coefficient (Wildman–Crippen LogP) is 6.06. The second-order valence-electron chi connectivity index (χ2n) is 9.12. The van der Waals surface area contributed by atoms with E-state index in [1.54, 1.807) is 33.0 Å². The second kappa shape index (κ2) is 8.74. The number of fused-ring (bicyclic) bond motifs is 1. The molecule has 1 aliphatic heterocycles. The van der Waals surface area contributed by atoms with E-state index >= 15 is 0 Å². The lowest BCUT2D eigenvalue weighted by atomic mass is 9.89. The minimum absolute atomic E-state index is 0.111. The molecule has 3 nitrogen and oxygen atoms in total. The van der Waals surface area contributed by atoms with Crippen LogP contribution in [0.5, 0.6) is 0 Å². The SMILES string of the molecule is CC(C)c1c(C(F)(F)F)c2cc(CN3CCC(c4ccccc4)CC3)ccc2n(C)c1=O. The van der Waals surface area contributed by atoms with E-state index in [9.17, 15) is 18.0 Å². The summed E-state index contributed by atoms with van der Waals surface area (Å²) in [6, 6.07) is 15.6. The van der Waals surface area contributed by atoms with Gasteiger partial charge in [-0.2, -0.15) is 13.2 Å². The minimum atomic E-state index is -4.59. The van der Waals surface area contributed by atoms with Crippen LogP contribution in [-0.4, -0.2) is 22.6 Å². The average Bonchev–Trinajstić information content (AvgIpc) is 2.76. The van der Waals surface area contributed by atoms with Gasteiger partial charge in [0.2, 0.25) is 0 Å². The molecule has 0 radical (unpaired) electrons. The van der Waals surface area contributed by atoms with Crippen molar-refractivity contribution in [2.45, 2.75) is 51.2 Å². The molecule has 3 aromatic rings. The molecule has 1 saturated heterocycles. The van der Waals surface area contributed by atoms with Gasteiger partial charge >= 0.3 is 6.18 Å². The first-order valence-electron chi connectivity index (χ1n) is 11.2. The molecule has 0 atom stereocenters. The molecule has 0 bridgehead atoms. The van der Waals surface area contributed by atoms with Gasteiger partial charge in [0.25, 0.3) is 5.56 Å². The van der Waals surface area contributed by atoms with Crippen LogP contribution in [-0.2, 0) is 19.8 Å². The number of nitrogens with zero attached hydrogens (tertiary/aromatic N) is 2. The first-order chi connectivity index (χ1) is 15.2. The van der Waals surface area contributed by atoms with E-state index in [4.69, 9.17) is 0 Å². The van der Waals surface area contributed by atoms with Gasteiger partial charge in [-0.25, -0.2) is 0 Å². The van der Waals surface area contributed by atoms with Gasteiger partial charge in [-0.3, -0.25) is 9.69 Å². The second-order valence-corrected chi connectivity index (χ2v) is 9.12. The highest BCUT2D eigenvalue weighted by Crippen LogP contribution is 2.39. The summed E-state index contributed by atoms with van der Waals surface area (Å²) in [5.74, 6) is 0.0133. The number of aromatic nitrogens is 1. The lowest BCUT2D eigenvalue weighted by Crippen LogP contribution is -2.32. The van der Waals surface area contributed by atoms with Crippen LogP contribution in [0.25, 0.3) is 10.9 Å². The number of hydrogen-bond donors (Lipinski definition) is 0. The first kappa shape index (κ1) is 22.6. The number of aryl methyl sites for hydroxylation is 1. The van der Waals surface area contributed by atoms with Crippen LogP contribution in [0.4, 0.5) is 13.2 Å². The zero-order chi connectivity index (χ0) is 23.0. The molecular formula is C26H29F3N2O. The number of hydrogen-bond acceptors (Lipinski definition) is 2. The molecule has 0 amide bonds. The van der Waals surface area contributed by atoms with E-state index in [1.165, 1.54) is 10.1 Å². The summed E-state index contributed by atoms with van der Waals surface area (Å²) in [7, 11) is 1.55. The Bertz CT molecular complexity index is 1160. The Morgan fingerprint density at radius 2 is 1.69 bits per heavy atom. The van der Waals surface area contributed by atoms with Crippen molar-refractivity contribution in [3.05, 3.63) is 81.1 Å². The number of alkyl halides is 3. The van der Waals surface area contributed by atoms with E-state index < -0.39 is 23.2 Å². The fourth-order valence-corrected chi connectivity index (χ4v) is 4.97. The Hall–Kier alpha value is -2.60. The number of benzene rings is 2. The van der Waals surface area contributed by atoms with Crippen LogP contribution in [0.2, 0.25) is 0 Å². The lowest BCUT2D eigenvalue weighted by Gasteiger charge is -2.32. The van der Waals surface area contributed by atoms with E-state index in [0.717, 1.165) is 31.5 Å². The van der Waals surface area contributed by atoms with E-state index in [0.29, 0.717) is 18.0 Å². The third-order valence-electron chi connectivity index (χ3n) is 6.62. The number of piperidine rings is 1. The monoisotopic (exact) mass is 442 g/mol. The fourth-order valence-electron chi connectivity index (χ4n) is 4.97. The van der Waals surface area contributed by atoms with E-state index in [2.05, 4.69) is 29.2 Å². The standard InChI is InChI=1S/C26H29F3N2O/c1-17(2)23-24(26(27,28)29)21-15-18(9-10-22(21)30(3)25(23)32)16-31-13-11-20(12-14-31)19-7-5-4-6-8-19/h4-10,15,17,20H,11-14,16H2,1-3H3. The number of halogens is 3. The Balaban J connectivity index is 1.64. The largest absolute Gasteiger partial charge is 0.417 e. The maximum Gasteiger partial charge on any atom is 0.417 e. The quantitative estimate of drug-likeness (QED) is 0.491. The van der Waals surface area contributed by atoms with Gasteiger partial charge in [-0.05, 0) is 61.0 Å². The van der Waals surface area contributed by atoms with Crippen molar-refractivity contribution in [1.29, 1.82) is 0 Å². The molecular weight excluding hydrogens is 413 g/mol. The van der Waals surface area contributed by atoms with Gasteiger partial charge in [0, 0.05) is 24.5 Å². The number of pyridine rings is 1. The van der Waals surface area contributed by atoms with E-state index in [1.807, 2.05) is 12.1 Å². The maximum atomic E-state index is 14.1. The molecule has 2 aromatic carbocycles. The summed E-state index contributed by atoms with van der Waals surface area (Å²) in [5, 5.41) is 0.111. The smallest absolute Gasteiger partial charge is 0.311 e. The van der Waals surface area contributed by atoms with Crippen molar-refractivity contribution in [2.24, 2.45) is 7.05 Å². The summed E-state index contributed by atoms with van der Waals surface area (Å²) in [6.07, 6.45) is -2.51. The number of likely N-dealkylation sites (tertiary alicyclic amines) is 1. The molecule has 2 heterocycles. The highest BCUT2D eigenvalue weighted by atomic mass is 19.4. The zero-order valence-electron chi connectivity index (χ0n) is 18.7. The van der Waals surface area contributed by atoms with Gasteiger partial charge in [0.15, 0.2) is 0 Å². The maximum absolute atomic E-state index is 14.1. The van der Waals surface area contributed by atoms with Crippen LogP contribution >= 0.6 is 0 Å². The third-order valence-corrected chi connectivity index (χ3v) is 6.62. The van der Waals surface area contributed by atoms with Crippen LogP contribution in [0.3, 0.4) is 0 Å². The lowest BCUT2D eigenvalue weighted by molar-refractivity contribution is -0.137. The fraction of sp³-hybridized carbons (Fsp3) is 0.423. The molecule has 1 aromatic heterocycles. The Morgan fingerprint density at radius 1 is 1.03 bits per heavy atom. The molecule has 1 fully saturated rings. The van der Waals surface area contributed by atoms with Crippen molar-refractivity contribution in [3.8, 4) is 0 Å². The van der Waals surface area contributed by atoms with Crippen molar-refractivity contribution < 1.29 is 13.2 Å². The molecule has 0 aliphatic carbocycles. The van der Waals surface area contributed by atoms with Crippen LogP contribution in [0.15, 0.2) is 53.3 Å². The molecule has 1 aliphatic rings. The molecule has 0 N–H and O–H groups in total. The molecule has 0 spiro atoms. The zero-order valence-corrected chi connectivity index (χ0v) is 18.7. The first-order valence-corrected chi connectivity index (χ1v) is 11.2. The van der Waals surface area contributed by atoms with E-state index in [-0.39, 0.29) is 10.9 Å². The topological polar surface area (TPSA) is 25.2 Å². The predicted molar refractivity (Wildman–Crippen MR) is 122 cm³/mol. The normalized spacial score (nSPS) is 16.2. The molecule has 6 heteroatoms. The molecule has 170 valence electrons. The molecule has 0 saturated carbocycles. The third kappa shape index (κ3) is 4.33. The average molecular weight is 443 g/mol. The number of rotatable bonds is 4. The summed E-state index contributed by atoms with van der Waals surface area (Å²) in [4.78, 5) is 15.0. The van der Waals surface area contributed by atoms with Crippen LogP contribution in [0.1, 0.15) is 60.8 Å². The van der Waals surface area contributed by atoms with Crippen LogP contribution < -0.4 is 5.56 Å². The summed E-state index contributed by atoms with van der Waals surface area (Å²) < 4.78 is 43.6. The van der Waals surface area contributed by atoms with Gasteiger partial charge in [-0.15, -0.1) is 0 Å². The van der Waals surface area contributed by atoms with Crippen LogP contribution in [0, 0.1) is 0 Å². The minimum Gasteiger partial charge on any atom is -0.311 e. The molecule has 4 rings (SSSR count). The summed E-state index contributed by atoms with van der Waals surface area (Å²) in [6.45, 7) is 5.70. The molecule has 32 heavy (non-hydrogen) atoms. The van der Waals surface area contributed by atoms with Gasteiger partial charge < -0.3 is 4.57 Å². The summed E-state index contributed by atoms with van der Waals surface area (Å²) in [5.41, 5.74) is 1.00. The highest BCUT2D eigenvalue weighted by Gasteiger charge is 2.38. The van der Waals surface area contributed by atoms with Gasteiger partial charge in [0.1, 0.15) is 0 Å².